The van der Waals surface area contributed by atoms with Gasteiger partial charge in [0.1, 0.15) is 0 Å². The highest BCUT2D eigenvalue weighted by Gasteiger charge is 2.31. The molecule has 5 heteroatoms. The van der Waals surface area contributed by atoms with Crippen molar-refractivity contribution in [3.8, 4) is 5.88 Å². The molecule has 1 atom stereocenters. The van der Waals surface area contributed by atoms with E-state index in [1.54, 1.807) is 0 Å². The largest absolute Gasteiger partial charge is 0.493 e. The van der Waals surface area contributed by atoms with Crippen LogP contribution in [0.4, 0.5) is 5.69 Å². The van der Waals surface area contributed by atoms with Crippen LogP contribution in [0, 0.1) is 0 Å². The highest BCUT2D eigenvalue weighted by Crippen LogP contribution is 2.38. The summed E-state index contributed by atoms with van der Waals surface area (Å²) in [6.07, 6.45) is 3.91. The van der Waals surface area contributed by atoms with E-state index >= 15 is 0 Å². The molecule has 3 heterocycles. The lowest BCUT2D eigenvalue weighted by molar-refractivity contribution is 0.220. The molecule has 0 spiro atoms. The van der Waals surface area contributed by atoms with Crippen molar-refractivity contribution >= 4 is 16.5 Å². The Hall–Kier alpha value is -1.85. The Morgan fingerprint density at radius 3 is 3.05 bits per heavy atom. The van der Waals surface area contributed by atoms with Crippen LogP contribution in [0.1, 0.15) is 12.0 Å². The van der Waals surface area contributed by atoms with E-state index < -0.39 is 0 Å². The molecule has 1 aromatic heterocycles. The van der Waals surface area contributed by atoms with Crippen LogP contribution in [-0.4, -0.2) is 58.9 Å². The normalized spacial score (nSPS) is 21.7. The van der Waals surface area contributed by atoms with Crippen LogP contribution in [0.25, 0.3) is 10.8 Å². The van der Waals surface area contributed by atoms with Gasteiger partial charge in [-0.15, -0.1) is 0 Å². The summed E-state index contributed by atoms with van der Waals surface area (Å²) in [5, 5.41) is 21.2. The number of aromatic nitrogens is 1. The molecule has 116 valence electrons. The van der Waals surface area contributed by atoms with Crippen LogP contribution in [0.5, 0.6) is 5.88 Å². The Morgan fingerprint density at radius 1 is 1.27 bits per heavy atom. The number of β-amino-alcohol motifs (C(OH)–C–C–N with tert-alkyl or cyclic N) is 1. The third-order valence-electron chi connectivity index (χ3n) is 4.98. The zero-order chi connectivity index (χ0) is 15.1. The average Bonchev–Trinajstić information content (AvgIpc) is 3.00. The average molecular weight is 299 g/mol. The summed E-state index contributed by atoms with van der Waals surface area (Å²) in [6, 6.07) is 6.59. The lowest BCUT2D eigenvalue weighted by Crippen LogP contribution is -2.41. The first kappa shape index (κ1) is 13.8. The minimum atomic E-state index is 0.121. The summed E-state index contributed by atoms with van der Waals surface area (Å²) in [7, 11) is 0. The molecule has 0 aliphatic carbocycles. The minimum absolute atomic E-state index is 0.121. The Kier molecular flexibility index (Phi) is 3.39. The highest BCUT2D eigenvalue weighted by atomic mass is 16.3. The lowest BCUT2D eigenvalue weighted by Gasteiger charge is -2.36. The molecule has 2 N–H and O–H groups in total. The van der Waals surface area contributed by atoms with Crippen molar-refractivity contribution in [1.82, 2.24) is 9.88 Å². The molecule has 0 bridgehead atoms. The first-order valence-electron chi connectivity index (χ1n) is 7.97. The maximum absolute atomic E-state index is 10.0. The zero-order valence-corrected chi connectivity index (χ0v) is 12.6. The van der Waals surface area contributed by atoms with Gasteiger partial charge in [0, 0.05) is 54.9 Å². The van der Waals surface area contributed by atoms with Crippen LogP contribution < -0.4 is 4.90 Å². The second-order valence-corrected chi connectivity index (χ2v) is 6.22. The fourth-order valence-corrected chi connectivity index (χ4v) is 3.92. The third kappa shape index (κ3) is 2.12. The molecule has 2 aromatic rings. The van der Waals surface area contributed by atoms with Gasteiger partial charge in [-0.1, -0.05) is 6.07 Å². The number of aliphatic hydroxyl groups excluding tert-OH is 1. The molecular formula is C17H21N3O2. The van der Waals surface area contributed by atoms with Gasteiger partial charge in [-0.05, 0) is 30.5 Å². The molecule has 0 radical (unpaired) electrons. The smallest absolute Gasteiger partial charge is 0.218 e. The van der Waals surface area contributed by atoms with E-state index in [9.17, 15) is 5.11 Å². The van der Waals surface area contributed by atoms with Crippen molar-refractivity contribution in [3.05, 3.63) is 30.0 Å². The molecule has 1 aromatic carbocycles. The minimum Gasteiger partial charge on any atom is -0.493 e. The fraction of sp³-hybridized carbons (Fsp3) is 0.471. The predicted molar refractivity (Wildman–Crippen MR) is 86.4 cm³/mol. The quantitative estimate of drug-likeness (QED) is 0.896. The summed E-state index contributed by atoms with van der Waals surface area (Å²) in [4.78, 5) is 8.92. The van der Waals surface area contributed by atoms with E-state index in [-0.39, 0.29) is 12.5 Å². The van der Waals surface area contributed by atoms with E-state index in [0.29, 0.717) is 6.04 Å². The second kappa shape index (κ2) is 5.41. The number of aromatic hydroxyl groups is 1. The van der Waals surface area contributed by atoms with E-state index in [1.165, 1.54) is 11.3 Å². The number of hydrogen-bond donors (Lipinski definition) is 2. The van der Waals surface area contributed by atoms with Crippen LogP contribution in [0.3, 0.4) is 0 Å². The lowest BCUT2D eigenvalue weighted by atomic mass is 9.97. The van der Waals surface area contributed by atoms with Gasteiger partial charge in [0.25, 0.3) is 0 Å². The number of likely N-dealkylation sites (tertiary alicyclic amines) is 1. The standard InChI is InChI=1S/C17H21N3O2/c21-9-8-19-6-5-13(11-19)20-7-4-12-10-18-17(22)14-2-1-3-15(20)16(12)14/h1-3,10,13,21H,4-9,11H2,(H,18,22). The first-order chi connectivity index (χ1) is 10.8. The molecule has 22 heavy (non-hydrogen) atoms. The number of nitrogens with zero attached hydrogens (tertiary/aromatic N) is 3. The monoisotopic (exact) mass is 299 g/mol. The Morgan fingerprint density at radius 2 is 2.18 bits per heavy atom. The molecular weight excluding hydrogens is 278 g/mol. The number of aliphatic hydroxyl groups is 1. The van der Waals surface area contributed by atoms with Gasteiger partial charge >= 0.3 is 0 Å². The van der Waals surface area contributed by atoms with Crippen molar-refractivity contribution in [1.29, 1.82) is 0 Å². The maximum Gasteiger partial charge on any atom is 0.218 e. The van der Waals surface area contributed by atoms with Crippen LogP contribution >= 0.6 is 0 Å². The molecule has 4 rings (SSSR count). The molecule has 1 fully saturated rings. The molecule has 2 aliphatic rings. The Balaban J connectivity index is 1.72. The van der Waals surface area contributed by atoms with Gasteiger partial charge in [-0.3, -0.25) is 4.90 Å². The van der Waals surface area contributed by atoms with Crippen LogP contribution in [-0.2, 0) is 6.42 Å². The summed E-state index contributed by atoms with van der Waals surface area (Å²) >= 11 is 0. The van der Waals surface area contributed by atoms with Crippen LogP contribution in [0.15, 0.2) is 24.4 Å². The summed E-state index contributed by atoms with van der Waals surface area (Å²) in [6.45, 7) is 4.03. The number of hydrogen-bond acceptors (Lipinski definition) is 5. The topological polar surface area (TPSA) is 59.8 Å². The van der Waals surface area contributed by atoms with Crippen molar-refractivity contribution in [2.75, 3.05) is 37.7 Å². The van der Waals surface area contributed by atoms with Gasteiger partial charge in [-0.25, -0.2) is 4.98 Å². The van der Waals surface area contributed by atoms with Crippen LogP contribution in [0.2, 0.25) is 0 Å². The number of benzene rings is 1. The van der Waals surface area contributed by atoms with E-state index in [4.69, 9.17) is 5.11 Å². The Labute approximate surface area is 129 Å². The van der Waals surface area contributed by atoms with E-state index in [1.807, 2.05) is 18.3 Å². The van der Waals surface area contributed by atoms with Crippen molar-refractivity contribution in [3.63, 3.8) is 0 Å². The predicted octanol–water partition coefficient (Wildman–Crippen LogP) is 1.37. The summed E-state index contributed by atoms with van der Waals surface area (Å²) < 4.78 is 0. The maximum atomic E-state index is 10.0. The van der Waals surface area contributed by atoms with Gasteiger partial charge in [0.2, 0.25) is 5.88 Å². The van der Waals surface area contributed by atoms with Gasteiger partial charge in [0.05, 0.1) is 6.61 Å². The van der Waals surface area contributed by atoms with Crippen molar-refractivity contribution in [2.45, 2.75) is 18.9 Å². The summed E-state index contributed by atoms with van der Waals surface area (Å²) in [5.41, 5.74) is 2.44. The molecule has 2 aliphatic heterocycles. The van der Waals surface area contributed by atoms with Gasteiger partial charge in [-0.2, -0.15) is 0 Å². The van der Waals surface area contributed by atoms with E-state index in [0.717, 1.165) is 49.8 Å². The number of anilines is 1. The Bertz CT molecular complexity index is 704. The molecule has 1 unspecified atom stereocenters. The SMILES string of the molecule is OCCN1CCC(N2CCc3cnc(O)c4cccc2c34)C1. The van der Waals surface area contributed by atoms with Crippen molar-refractivity contribution < 1.29 is 10.2 Å². The number of pyridine rings is 1. The first-order valence-corrected chi connectivity index (χ1v) is 7.97. The molecule has 0 amide bonds. The van der Waals surface area contributed by atoms with Gasteiger partial charge in [0.15, 0.2) is 0 Å². The highest BCUT2D eigenvalue weighted by molar-refractivity contribution is 6.00. The fourth-order valence-electron chi connectivity index (χ4n) is 3.92. The summed E-state index contributed by atoms with van der Waals surface area (Å²) in [5.74, 6) is 0.121. The van der Waals surface area contributed by atoms with Gasteiger partial charge < -0.3 is 15.1 Å². The number of rotatable bonds is 3. The second-order valence-electron chi connectivity index (χ2n) is 6.22. The third-order valence-corrected chi connectivity index (χ3v) is 4.98. The zero-order valence-electron chi connectivity index (χ0n) is 12.6. The molecule has 0 saturated carbocycles. The van der Waals surface area contributed by atoms with E-state index in [2.05, 4.69) is 20.9 Å². The molecule has 1 saturated heterocycles. The van der Waals surface area contributed by atoms with Crippen molar-refractivity contribution in [2.24, 2.45) is 0 Å². The molecule has 5 nitrogen and oxygen atoms in total.